The van der Waals surface area contributed by atoms with Crippen LogP contribution in [0.1, 0.15) is 17.0 Å². The number of nitrogens with one attached hydrogen (secondary N) is 2. The maximum absolute atomic E-state index is 12.1. The fourth-order valence-corrected chi connectivity index (χ4v) is 2.72. The van der Waals surface area contributed by atoms with Crippen molar-refractivity contribution in [1.29, 1.82) is 0 Å². The van der Waals surface area contributed by atoms with Gasteiger partial charge in [0, 0.05) is 13.7 Å². The maximum atomic E-state index is 12.1. The topological polar surface area (TPSA) is 108 Å². The Hall–Kier alpha value is -1.13. The molecule has 1 aromatic rings. The van der Waals surface area contributed by atoms with E-state index >= 15 is 0 Å². The fraction of sp³-hybridized carbons (Fsp3) is 0.545. The number of amides is 2. The molecule has 0 bridgehead atoms. The number of carboxylic acid groups (broad SMARTS) is 1. The number of imidazole rings is 1. The summed E-state index contributed by atoms with van der Waals surface area (Å²) in [7, 11) is 1.50. The molecule has 2 rings (SSSR count). The molecular weight excluding hydrogens is 412 g/mol. The summed E-state index contributed by atoms with van der Waals surface area (Å²) in [5.74, 6) is -0.193. The number of aromatic amines is 1. The number of nitrogens with zero attached hydrogens (tertiary/aromatic N) is 2. The van der Waals surface area contributed by atoms with Crippen molar-refractivity contribution >= 4 is 43.9 Å². The number of ether oxygens (including phenoxy) is 1. The van der Waals surface area contributed by atoms with Crippen LogP contribution < -0.4 is 5.32 Å². The van der Waals surface area contributed by atoms with Gasteiger partial charge in [0.1, 0.15) is 9.21 Å². The predicted molar refractivity (Wildman–Crippen MR) is 80.3 cm³/mol. The molecule has 1 saturated heterocycles. The Labute approximate surface area is 137 Å². The molecule has 0 aliphatic carbocycles. The molecule has 0 radical (unpaired) electrons. The molecule has 2 amide bonds. The van der Waals surface area contributed by atoms with E-state index in [2.05, 4.69) is 47.1 Å². The second-order valence-corrected chi connectivity index (χ2v) is 6.11. The lowest BCUT2D eigenvalue weighted by molar-refractivity contribution is 0.0100. The van der Waals surface area contributed by atoms with Crippen LogP contribution in [0.5, 0.6) is 0 Å². The van der Waals surface area contributed by atoms with E-state index in [4.69, 9.17) is 9.84 Å². The minimum Gasteiger partial charge on any atom is -0.465 e. The third kappa shape index (κ3) is 3.74. The number of methoxy groups -OCH3 is 1. The first-order valence-corrected chi connectivity index (χ1v) is 7.73. The highest BCUT2D eigenvalue weighted by molar-refractivity contribution is 9.13. The normalized spacial score (nSPS) is 22.1. The van der Waals surface area contributed by atoms with Crippen LogP contribution in [0.4, 0.5) is 4.79 Å². The van der Waals surface area contributed by atoms with E-state index in [1.807, 2.05) is 0 Å². The third-order valence-corrected chi connectivity index (χ3v) is 4.96. The number of rotatable bonds is 3. The van der Waals surface area contributed by atoms with Gasteiger partial charge in [-0.25, -0.2) is 9.78 Å². The Morgan fingerprint density at radius 3 is 2.76 bits per heavy atom. The zero-order valence-electron chi connectivity index (χ0n) is 11.1. The zero-order chi connectivity index (χ0) is 15.6. The van der Waals surface area contributed by atoms with Crippen molar-refractivity contribution in [3.05, 3.63) is 15.0 Å². The summed E-state index contributed by atoms with van der Waals surface area (Å²) in [6, 6.07) is -0.263. The lowest BCUT2D eigenvalue weighted by Gasteiger charge is -2.36. The molecule has 2 unspecified atom stereocenters. The Balaban J connectivity index is 2.01. The average Bonchev–Trinajstić information content (AvgIpc) is 2.79. The molecule has 21 heavy (non-hydrogen) atoms. The fourth-order valence-electron chi connectivity index (χ4n) is 2.17. The van der Waals surface area contributed by atoms with Gasteiger partial charge in [0.2, 0.25) is 0 Å². The van der Waals surface area contributed by atoms with Crippen molar-refractivity contribution in [3.63, 3.8) is 0 Å². The zero-order valence-corrected chi connectivity index (χ0v) is 14.3. The first kappa shape index (κ1) is 16.2. The Morgan fingerprint density at radius 1 is 1.52 bits per heavy atom. The number of carbonyl (C=O) groups excluding carboxylic acids is 1. The maximum Gasteiger partial charge on any atom is 0.407 e. The highest BCUT2D eigenvalue weighted by atomic mass is 79.9. The summed E-state index contributed by atoms with van der Waals surface area (Å²) in [4.78, 5) is 31.2. The van der Waals surface area contributed by atoms with Crippen molar-refractivity contribution in [2.45, 2.75) is 18.6 Å². The smallest absolute Gasteiger partial charge is 0.407 e. The summed E-state index contributed by atoms with van der Waals surface area (Å²) in [5.41, 5.74) is 0. The highest BCUT2D eigenvalue weighted by Crippen LogP contribution is 2.20. The van der Waals surface area contributed by atoms with Gasteiger partial charge in [-0.2, -0.15) is 0 Å². The van der Waals surface area contributed by atoms with Crippen LogP contribution in [0.3, 0.4) is 0 Å². The molecule has 3 N–H and O–H groups in total. The lowest BCUT2D eigenvalue weighted by Crippen LogP contribution is -2.55. The number of likely N-dealkylation sites (tertiary alicyclic amines) is 1. The van der Waals surface area contributed by atoms with Gasteiger partial charge in [-0.3, -0.25) is 4.79 Å². The first-order chi connectivity index (χ1) is 9.92. The van der Waals surface area contributed by atoms with Crippen molar-refractivity contribution in [2.24, 2.45) is 0 Å². The SMILES string of the molecule is COC1CN(C(=O)O)CCC1NC(=O)c1nc(Br)c(Br)[nH]1. The van der Waals surface area contributed by atoms with Crippen molar-refractivity contribution in [2.75, 3.05) is 20.2 Å². The molecule has 1 aliphatic rings. The van der Waals surface area contributed by atoms with E-state index in [-0.39, 0.29) is 30.4 Å². The molecule has 1 aromatic heterocycles. The number of hydrogen-bond donors (Lipinski definition) is 3. The van der Waals surface area contributed by atoms with Crippen LogP contribution in [-0.2, 0) is 4.74 Å². The minimum absolute atomic E-state index is 0.171. The van der Waals surface area contributed by atoms with Gasteiger partial charge in [0.25, 0.3) is 5.91 Å². The van der Waals surface area contributed by atoms with Crippen LogP contribution in [-0.4, -0.2) is 64.3 Å². The third-order valence-electron chi connectivity index (χ3n) is 3.28. The molecular formula is C11H14Br2N4O4. The molecule has 0 aromatic carbocycles. The van der Waals surface area contributed by atoms with Gasteiger partial charge < -0.3 is 25.0 Å². The number of aromatic nitrogens is 2. The van der Waals surface area contributed by atoms with Crippen molar-refractivity contribution < 1.29 is 19.4 Å². The average molecular weight is 426 g/mol. The van der Waals surface area contributed by atoms with Crippen LogP contribution in [0.15, 0.2) is 9.21 Å². The Kier molecular flexibility index (Phi) is 5.22. The van der Waals surface area contributed by atoms with Crippen LogP contribution >= 0.6 is 31.9 Å². The molecule has 1 fully saturated rings. The van der Waals surface area contributed by atoms with Gasteiger partial charge in [0.05, 0.1) is 18.7 Å². The summed E-state index contributed by atoms with van der Waals surface area (Å²) < 4.78 is 6.37. The second kappa shape index (κ2) is 6.75. The van der Waals surface area contributed by atoms with E-state index < -0.39 is 6.09 Å². The molecule has 116 valence electrons. The van der Waals surface area contributed by atoms with Crippen molar-refractivity contribution in [1.82, 2.24) is 20.2 Å². The van der Waals surface area contributed by atoms with Gasteiger partial charge in [-0.1, -0.05) is 0 Å². The Bertz CT molecular complexity index is 531. The lowest BCUT2D eigenvalue weighted by atomic mass is 10.0. The molecule has 0 spiro atoms. The minimum atomic E-state index is -0.985. The number of hydrogen-bond acceptors (Lipinski definition) is 4. The highest BCUT2D eigenvalue weighted by Gasteiger charge is 2.33. The first-order valence-electron chi connectivity index (χ1n) is 6.15. The summed E-state index contributed by atoms with van der Waals surface area (Å²) in [6.45, 7) is 0.577. The largest absolute Gasteiger partial charge is 0.465 e. The van der Waals surface area contributed by atoms with E-state index in [9.17, 15) is 9.59 Å². The molecule has 1 aliphatic heterocycles. The molecule has 0 saturated carbocycles. The summed E-state index contributed by atoms with van der Waals surface area (Å²) in [5, 5.41) is 11.8. The molecule has 2 heterocycles. The van der Waals surface area contributed by atoms with Crippen LogP contribution in [0, 0.1) is 0 Å². The van der Waals surface area contributed by atoms with Gasteiger partial charge >= 0.3 is 6.09 Å². The van der Waals surface area contributed by atoms with E-state index in [1.54, 1.807) is 0 Å². The molecule has 10 heteroatoms. The monoisotopic (exact) mass is 424 g/mol. The van der Waals surface area contributed by atoms with Crippen LogP contribution in [0.25, 0.3) is 0 Å². The Morgan fingerprint density at radius 2 is 2.24 bits per heavy atom. The van der Waals surface area contributed by atoms with E-state index in [1.165, 1.54) is 12.0 Å². The summed E-state index contributed by atoms with van der Waals surface area (Å²) >= 11 is 6.41. The number of H-pyrrole nitrogens is 1. The van der Waals surface area contributed by atoms with Gasteiger partial charge in [-0.15, -0.1) is 0 Å². The quantitative estimate of drug-likeness (QED) is 0.678. The number of halogens is 2. The van der Waals surface area contributed by atoms with E-state index in [0.29, 0.717) is 22.2 Å². The predicted octanol–water partition coefficient (Wildman–Crippen LogP) is 1.43. The van der Waals surface area contributed by atoms with Crippen LogP contribution in [0.2, 0.25) is 0 Å². The van der Waals surface area contributed by atoms with Gasteiger partial charge in [-0.05, 0) is 38.3 Å². The van der Waals surface area contributed by atoms with Crippen molar-refractivity contribution in [3.8, 4) is 0 Å². The number of piperidine rings is 1. The summed E-state index contributed by atoms with van der Waals surface area (Å²) in [6.07, 6.45) is -0.888. The van der Waals surface area contributed by atoms with E-state index in [0.717, 1.165) is 0 Å². The molecule has 2 atom stereocenters. The standard InChI is InChI=1S/C11H14Br2N4O4/c1-21-6-4-17(11(19)20)3-2-5(6)14-10(18)9-15-7(12)8(13)16-9/h5-6H,2-4H2,1H3,(H,14,18)(H,15,16)(H,19,20). The number of carbonyl (C=O) groups is 2. The molecule has 8 nitrogen and oxygen atoms in total. The van der Waals surface area contributed by atoms with Gasteiger partial charge in [0.15, 0.2) is 5.82 Å². The second-order valence-electron chi connectivity index (χ2n) is 4.56.